The zero-order valence-corrected chi connectivity index (χ0v) is 17.1. The van der Waals surface area contributed by atoms with Crippen LogP contribution in [0.5, 0.6) is 0 Å². The van der Waals surface area contributed by atoms with Gasteiger partial charge in [-0.05, 0) is 37.3 Å². The van der Waals surface area contributed by atoms with Crippen LogP contribution in [0.2, 0.25) is 0 Å². The highest BCUT2D eigenvalue weighted by Gasteiger charge is 2.22. The number of piperazine rings is 1. The Morgan fingerprint density at radius 1 is 1.25 bits per heavy atom. The number of thiophene rings is 1. The zero-order valence-electron chi connectivity index (χ0n) is 15.5. The highest BCUT2D eigenvalue weighted by atomic mass is 32.1. The molecular weight excluding hydrogens is 400 g/mol. The number of rotatable bonds is 4. The molecule has 0 unspecified atom stereocenters. The van der Waals surface area contributed by atoms with Gasteiger partial charge in [0.05, 0.1) is 17.6 Å². The zero-order chi connectivity index (χ0) is 20.3. The molecule has 1 saturated heterocycles. The lowest BCUT2D eigenvalue weighted by Crippen LogP contribution is -2.50. The van der Waals surface area contributed by atoms with E-state index in [1.54, 1.807) is 18.2 Å². The Kier molecular flexibility index (Phi) is 6.10. The van der Waals surface area contributed by atoms with Crippen molar-refractivity contribution in [1.29, 1.82) is 0 Å². The van der Waals surface area contributed by atoms with E-state index in [1.807, 2.05) is 11.8 Å². The van der Waals surface area contributed by atoms with E-state index < -0.39 is 10.9 Å². The number of nitro groups is 1. The summed E-state index contributed by atoms with van der Waals surface area (Å²) in [5.74, 6) is -0.391. The molecule has 1 N–H and O–H groups in total. The predicted octanol–water partition coefficient (Wildman–Crippen LogP) is 3.27. The Labute approximate surface area is 171 Å². The van der Waals surface area contributed by atoms with Gasteiger partial charge in [-0.1, -0.05) is 0 Å². The molecular formula is C18H20N4O4S2. The first-order valence-corrected chi connectivity index (χ1v) is 9.85. The van der Waals surface area contributed by atoms with Crippen molar-refractivity contribution in [1.82, 2.24) is 4.90 Å². The minimum Gasteiger partial charge on any atom is -0.465 e. The molecule has 0 saturated carbocycles. The number of non-ortho nitro benzene ring substituents is 1. The van der Waals surface area contributed by atoms with Crippen LogP contribution >= 0.6 is 23.6 Å². The van der Waals surface area contributed by atoms with Crippen LogP contribution in [-0.2, 0) is 4.74 Å². The van der Waals surface area contributed by atoms with Crippen LogP contribution < -0.4 is 10.2 Å². The predicted molar refractivity (Wildman–Crippen MR) is 113 cm³/mol. The molecule has 8 nitrogen and oxygen atoms in total. The van der Waals surface area contributed by atoms with Crippen LogP contribution in [0.1, 0.15) is 15.2 Å². The van der Waals surface area contributed by atoms with Gasteiger partial charge in [0.1, 0.15) is 5.00 Å². The SMILES string of the molecule is COC(=O)c1cc(C)sc1NC(=S)N1CCN(c2ccc([N+](=O)[O-])cc2)CC1. The Morgan fingerprint density at radius 3 is 2.46 bits per heavy atom. The van der Waals surface area contributed by atoms with Gasteiger partial charge in [0.15, 0.2) is 5.11 Å². The smallest absolute Gasteiger partial charge is 0.340 e. The van der Waals surface area contributed by atoms with Gasteiger partial charge in [-0.3, -0.25) is 10.1 Å². The van der Waals surface area contributed by atoms with E-state index >= 15 is 0 Å². The fraction of sp³-hybridized carbons (Fsp3) is 0.333. The fourth-order valence-electron chi connectivity index (χ4n) is 3.00. The van der Waals surface area contributed by atoms with Crippen molar-refractivity contribution in [3.63, 3.8) is 0 Å². The van der Waals surface area contributed by atoms with Crippen molar-refractivity contribution in [2.45, 2.75) is 6.92 Å². The summed E-state index contributed by atoms with van der Waals surface area (Å²) in [5, 5.41) is 15.2. The second-order valence-electron chi connectivity index (χ2n) is 6.27. The Morgan fingerprint density at radius 2 is 1.89 bits per heavy atom. The Bertz CT molecular complexity index is 889. The number of nitrogens with zero attached hydrogens (tertiary/aromatic N) is 3. The van der Waals surface area contributed by atoms with Crippen LogP contribution in [0.25, 0.3) is 0 Å². The molecule has 1 aliphatic rings. The topological polar surface area (TPSA) is 88.0 Å². The summed E-state index contributed by atoms with van der Waals surface area (Å²) in [4.78, 5) is 27.5. The minimum absolute atomic E-state index is 0.0837. The summed E-state index contributed by atoms with van der Waals surface area (Å²) in [6.07, 6.45) is 0. The van der Waals surface area contributed by atoms with Gasteiger partial charge in [-0.2, -0.15) is 0 Å². The van der Waals surface area contributed by atoms with Crippen LogP contribution in [0.4, 0.5) is 16.4 Å². The van der Waals surface area contributed by atoms with Crippen LogP contribution in [-0.4, -0.2) is 54.2 Å². The molecule has 0 aliphatic carbocycles. The quantitative estimate of drug-likeness (QED) is 0.349. The summed E-state index contributed by atoms with van der Waals surface area (Å²) in [5.41, 5.74) is 1.52. The van der Waals surface area contributed by atoms with Crippen molar-refractivity contribution in [2.75, 3.05) is 43.5 Å². The third kappa shape index (κ3) is 4.39. The van der Waals surface area contributed by atoms with Gasteiger partial charge in [-0.25, -0.2) is 4.79 Å². The molecule has 2 aromatic rings. The second-order valence-corrected chi connectivity index (χ2v) is 7.91. The van der Waals surface area contributed by atoms with E-state index in [0.29, 0.717) is 28.8 Å². The van der Waals surface area contributed by atoms with E-state index in [1.165, 1.54) is 30.6 Å². The van der Waals surface area contributed by atoms with E-state index in [0.717, 1.165) is 23.7 Å². The maximum atomic E-state index is 11.9. The molecule has 28 heavy (non-hydrogen) atoms. The number of carbonyl (C=O) groups excluding carboxylic acids is 1. The van der Waals surface area contributed by atoms with Gasteiger partial charge in [0.2, 0.25) is 0 Å². The molecule has 3 rings (SSSR count). The molecule has 10 heteroatoms. The molecule has 1 aromatic heterocycles. The van der Waals surface area contributed by atoms with Crippen molar-refractivity contribution in [3.05, 3.63) is 50.9 Å². The number of nitro benzene ring substituents is 1. The number of anilines is 2. The van der Waals surface area contributed by atoms with Gasteiger partial charge >= 0.3 is 5.97 Å². The Hall–Kier alpha value is -2.72. The highest BCUT2D eigenvalue weighted by Crippen LogP contribution is 2.29. The van der Waals surface area contributed by atoms with E-state index in [9.17, 15) is 14.9 Å². The second kappa shape index (κ2) is 8.53. The summed E-state index contributed by atoms with van der Waals surface area (Å²) < 4.78 is 4.83. The van der Waals surface area contributed by atoms with Crippen molar-refractivity contribution in [3.8, 4) is 0 Å². The van der Waals surface area contributed by atoms with Gasteiger partial charge in [0.25, 0.3) is 5.69 Å². The first-order chi connectivity index (χ1) is 13.4. The number of nitrogens with one attached hydrogen (secondary N) is 1. The third-order valence-electron chi connectivity index (χ3n) is 4.47. The lowest BCUT2D eigenvalue weighted by Gasteiger charge is -2.37. The molecule has 2 heterocycles. The minimum atomic E-state index is -0.402. The number of methoxy groups -OCH3 is 1. The Balaban J connectivity index is 1.60. The standard InChI is InChI=1S/C18H20N4O4S2/c1-12-11-15(17(23)26-2)16(28-12)19-18(27)21-9-7-20(8-10-21)13-3-5-14(6-4-13)22(24)25/h3-6,11H,7-10H2,1-2H3,(H,19,27). The molecule has 148 valence electrons. The van der Waals surface area contributed by atoms with E-state index in [-0.39, 0.29) is 5.69 Å². The summed E-state index contributed by atoms with van der Waals surface area (Å²) in [6.45, 7) is 4.83. The summed E-state index contributed by atoms with van der Waals surface area (Å²) in [7, 11) is 1.36. The van der Waals surface area contributed by atoms with Gasteiger partial charge in [0, 0.05) is 48.9 Å². The maximum absolute atomic E-state index is 11.9. The normalized spacial score (nSPS) is 13.9. The molecule has 0 bridgehead atoms. The van der Waals surface area contributed by atoms with Crippen molar-refractivity contribution < 1.29 is 14.5 Å². The monoisotopic (exact) mass is 420 g/mol. The van der Waals surface area contributed by atoms with E-state index in [4.69, 9.17) is 17.0 Å². The number of benzene rings is 1. The van der Waals surface area contributed by atoms with Crippen molar-refractivity contribution >= 4 is 51.0 Å². The summed E-state index contributed by atoms with van der Waals surface area (Å²) in [6, 6.07) is 8.35. The lowest BCUT2D eigenvalue weighted by atomic mass is 10.2. The molecule has 1 aromatic carbocycles. The molecule has 1 fully saturated rings. The van der Waals surface area contributed by atoms with Crippen molar-refractivity contribution in [2.24, 2.45) is 0 Å². The van der Waals surface area contributed by atoms with Gasteiger partial charge in [-0.15, -0.1) is 11.3 Å². The average Bonchev–Trinajstić information content (AvgIpc) is 3.07. The number of thiocarbonyl (C=S) groups is 1. The molecule has 0 spiro atoms. The number of hydrogen-bond donors (Lipinski definition) is 1. The number of aryl methyl sites for hydroxylation is 1. The highest BCUT2D eigenvalue weighted by molar-refractivity contribution is 7.80. The van der Waals surface area contributed by atoms with E-state index in [2.05, 4.69) is 10.2 Å². The number of ether oxygens (including phenoxy) is 1. The molecule has 0 atom stereocenters. The van der Waals surface area contributed by atoms with Crippen LogP contribution in [0.15, 0.2) is 30.3 Å². The largest absolute Gasteiger partial charge is 0.465 e. The molecule has 0 radical (unpaired) electrons. The number of esters is 1. The fourth-order valence-corrected chi connectivity index (χ4v) is 4.25. The van der Waals surface area contributed by atoms with Crippen LogP contribution in [0, 0.1) is 17.0 Å². The molecule has 0 amide bonds. The third-order valence-corrected chi connectivity index (χ3v) is 5.80. The molecule has 1 aliphatic heterocycles. The van der Waals surface area contributed by atoms with Crippen LogP contribution in [0.3, 0.4) is 0 Å². The maximum Gasteiger partial charge on any atom is 0.340 e. The first-order valence-electron chi connectivity index (χ1n) is 8.63. The number of carbonyl (C=O) groups is 1. The summed E-state index contributed by atoms with van der Waals surface area (Å²) >= 11 is 6.98. The lowest BCUT2D eigenvalue weighted by molar-refractivity contribution is -0.384. The number of hydrogen-bond acceptors (Lipinski definition) is 7. The van der Waals surface area contributed by atoms with Gasteiger partial charge < -0.3 is 19.9 Å². The average molecular weight is 421 g/mol. The first kappa shape index (κ1) is 20.0.